The molecule has 3 rings (SSSR count). The van der Waals surface area contributed by atoms with Crippen molar-refractivity contribution in [3.8, 4) is 5.75 Å². The normalized spacial score (nSPS) is 19.7. The van der Waals surface area contributed by atoms with Crippen molar-refractivity contribution < 1.29 is 14.3 Å². The molecule has 1 saturated heterocycles. The second-order valence-electron chi connectivity index (χ2n) is 6.53. The van der Waals surface area contributed by atoms with E-state index in [4.69, 9.17) is 4.74 Å². The van der Waals surface area contributed by atoms with E-state index in [2.05, 4.69) is 10.2 Å². The minimum atomic E-state index is -0.217. The first-order valence-corrected chi connectivity index (χ1v) is 8.56. The number of nitrogens with zero attached hydrogens (tertiary/aromatic N) is 2. The molecule has 0 unspecified atom stereocenters. The lowest BCUT2D eigenvalue weighted by atomic mass is 10.2. The quantitative estimate of drug-likeness (QED) is 0.890. The summed E-state index contributed by atoms with van der Waals surface area (Å²) in [6, 6.07) is 7.08. The highest BCUT2D eigenvalue weighted by Crippen LogP contribution is 2.31. The Bertz CT molecular complexity index is 590. The van der Waals surface area contributed by atoms with Gasteiger partial charge in [0.25, 0.3) is 0 Å². The average Bonchev–Trinajstić information content (AvgIpc) is 3.46. The number of carbonyl (C=O) groups is 2. The Morgan fingerprint density at radius 2 is 1.75 bits per heavy atom. The van der Waals surface area contributed by atoms with Crippen LogP contribution in [0.3, 0.4) is 0 Å². The van der Waals surface area contributed by atoms with Crippen molar-refractivity contribution in [1.29, 1.82) is 0 Å². The van der Waals surface area contributed by atoms with Crippen LogP contribution in [0.2, 0.25) is 0 Å². The number of hydrogen-bond acceptors (Lipinski definition) is 4. The van der Waals surface area contributed by atoms with Gasteiger partial charge in [-0.1, -0.05) is 0 Å². The number of piperazine rings is 1. The number of rotatable bonds is 5. The zero-order valence-electron chi connectivity index (χ0n) is 14.3. The van der Waals surface area contributed by atoms with Crippen LogP contribution in [0, 0.1) is 5.92 Å². The van der Waals surface area contributed by atoms with Gasteiger partial charge >= 0.3 is 0 Å². The highest BCUT2D eigenvalue weighted by atomic mass is 16.5. The lowest BCUT2D eigenvalue weighted by Gasteiger charge is -2.37. The van der Waals surface area contributed by atoms with Gasteiger partial charge in [-0.2, -0.15) is 0 Å². The summed E-state index contributed by atoms with van der Waals surface area (Å²) in [6.07, 6.45) is 2.08. The molecule has 1 aromatic rings. The van der Waals surface area contributed by atoms with Gasteiger partial charge in [0.2, 0.25) is 11.8 Å². The Kier molecular flexibility index (Phi) is 5.04. The molecule has 1 aliphatic heterocycles. The van der Waals surface area contributed by atoms with Crippen LogP contribution in [0.1, 0.15) is 19.8 Å². The molecule has 0 bridgehead atoms. The number of methoxy groups -OCH3 is 1. The van der Waals surface area contributed by atoms with Crippen molar-refractivity contribution in [2.75, 3.05) is 38.6 Å². The zero-order chi connectivity index (χ0) is 17.1. The third-order valence-electron chi connectivity index (χ3n) is 4.84. The van der Waals surface area contributed by atoms with Crippen molar-refractivity contribution in [3.63, 3.8) is 0 Å². The fraction of sp³-hybridized carbons (Fsp3) is 0.556. The molecule has 2 aliphatic rings. The first-order valence-electron chi connectivity index (χ1n) is 8.56. The van der Waals surface area contributed by atoms with Crippen LogP contribution in [-0.2, 0) is 9.59 Å². The standard InChI is InChI=1S/C18H25N3O3/c1-13(17(22)19-15-5-7-16(24-2)8-6-15)20-9-11-21(12-10-20)18(23)14-3-4-14/h5-8,13-14H,3-4,9-12H2,1-2H3,(H,19,22)/t13-/m1/s1. The van der Waals surface area contributed by atoms with E-state index in [1.807, 2.05) is 36.1 Å². The Balaban J connectivity index is 1.49. The summed E-state index contributed by atoms with van der Waals surface area (Å²) in [5.41, 5.74) is 0.759. The molecule has 1 heterocycles. The van der Waals surface area contributed by atoms with Crippen LogP contribution in [-0.4, -0.2) is 60.9 Å². The van der Waals surface area contributed by atoms with Crippen molar-refractivity contribution >= 4 is 17.5 Å². The van der Waals surface area contributed by atoms with E-state index in [0.29, 0.717) is 5.91 Å². The van der Waals surface area contributed by atoms with Crippen LogP contribution in [0.5, 0.6) is 5.75 Å². The number of hydrogen-bond donors (Lipinski definition) is 1. The second kappa shape index (κ2) is 7.21. The molecule has 0 spiro atoms. The van der Waals surface area contributed by atoms with Crippen molar-refractivity contribution in [2.45, 2.75) is 25.8 Å². The fourth-order valence-electron chi connectivity index (χ4n) is 3.00. The van der Waals surface area contributed by atoms with Gasteiger partial charge in [0.1, 0.15) is 5.75 Å². The molecule has 130 valence electrons. The van der Waals surface area contributed by atoms with E-state index >= 15 is 0 Å². The maximum atomic E-state index is 12.4. The van der Waals surface area contributed by atoms with Gasteiger partial charge in [0.05, 0.1) is 13.2 Å². The molecular weight excluding hydrogens is 306 g/mol. The molecule has 1 atom stereocenters. The number of anilines is 1. The average molecular weight is 331 g/mol. The van der Waals surface area contributed by atoms with Crippen LogP contribution >= 0.6 is 0 Å². The fourth-order valence-corrected chi connectivity index (χ4v) is 3.00. The minimum Gasteiger partial charge on any atom is -0.497 e. The molecule has 1 aromatic carbocycles. The molecule has 6 heteroatoms. The number of amides is 2. The van der Waals surface area contributed by atoms with Gasteiger partial charge in [-0.15, -0.1) is 0 Å². The molecule has 24 heavy (non-hydrogen) atoms. The Morgan fingerprint density at radius 3 is 2.29 bits per heavy atom. The summed E-state index contributed by atoms with van der Waals surface area (Å²) >= 11 is 0. The SMILES string of the molecule is COc1ccc(NC(=O)[C@@H](C)N2CCN(C(=O)C3CC3)CC2)cc1. The van der Waals surface area contributed by atoms with Gasteiger partial charge < -0.3 is 15.0 Å². The van der Waals surface area contributed by atoms with E-state index in [0.717, 1.165) is 50.5 Å². The summed E-state index contributed by atoms with van der Waals surface area (Å²) in [5.74, 6) is 1.30. The molecule has 0 radical (unpaired) electrons. The molecule has 6 nitrogen and oxygen atoms in total. The molecule has 0 aromatic heterocycles. The lowest BCUT2D eigenvalue weighted by molar-refractivity contribution is -0.135. The van der Waals surface area contributed by atoms with Crippen LogP contribution in [0.15, 0.2) is 24.3 Å². The van der Waals surface area contributed by atoms with Gasteiger partial charge in [-0.25, -0.2) is 0 Å². The lowest BCUT2D eigenvalue weighted by Crippen LogP contribution is -2.54. The highest BCUT2D eigenvalue weighted by molar-refractivity contribution is 5.94. The van der Waals surface area contributed by atoms with Crippen molar-refractivity contribution in [3.05, 3.63) is 24.3 Å². The molecule has 1 aliphatic carbocycles. The van der Waals surface area contributed by atoms with Crippen molar-refractivity contribution in [1.82, 2.24) is 9.80 Å². The van der Waals surface area contributed by atoms with Gasteiger partial charge in [-0.05, 0) is 44.0 Å². The molecule has 2 amide bonds. The van der Waals surface area contributed by atoms with Crippen LogP contribution in [0.4, 0.5) is 5.69 Å². The van der Waals surface area contributed by atoms with Crippen LogP contribution in [0.25, 0.3) is 0 Å². The monoisotopic (exact) mass is 331 g/mol. The first kappa shape index (κ1) is 16.8. The Labute approximate surface area is 142 Å². The molecule has 1 saturated carbocycles. The predicted octanol–water partition coefficient (Wildman–Crippen LogP) is 1.58. The van der Waals surface area contributed by atoms with E-state index < -0.39 is 0 Å². The Morgan fingerprint density at radius 1 is 1.12 bits per heavy atom. The topological polar surface area (TPSA) is 61.9 Å². The molecule has 2 fully saturated rings. The van der Waals surface area contributed by atoms with E-state index in [-0.39, 0.29) is 17.9 Å². The maximum Gasteiger partial charge on any atom is 0.241 e. The largest absolute Gasteiger partial charge is 0.497 e. The van der Waals surface area contributed by atoms with Gasteiger partial charge in [0.15, 0.2) is 0 Å². The summed E-state index contributed by atoms with van der Waals surface area (Å²) in [7, 11) is 1.61. The molecular formula is C18H25N3O3. The number of ether oxygens (including phenoxy) is 1. The summed E-state index contributed by atoms with van der Waals surface area (Å²) in [5, 5.41) is 2.94. The van der Waals surface area contributed by atoms with E-state index in [1.165, 1.54) is 0 Å². The summed E-state index contributed by atoms with van der Waals surface area (Å²) in [6.45, 7) is 4.84. The highest BCUT2D eigenvalue weighted by Gasteiger charge is 2.35. The second-order valence-corrected chi connectivity index (χ2v) is 6.53. The third-order valence-corrected chi connectivity index (χ3v) is 4.84. The number of carbonyl (C=O) groups excluding carboxylic acids is 2. The minimum absolute atomic E-state index is 0.0258. The molecule has 1 N–H and O–H groups in total. The first-order chi connectivity index (χ1) is 11.6. The van der Waals surface area contributed by atoms with Gasteiger partial charge in [0, 0.05) is 37.8 Å². The smallest absolute Gasteiger partial charge is 0.241 e. The van der Waals surface area contributed by atoms with E-state index in [9.17, 15) is 9.59 Å². The van der Waals surface area contributed by atoms with Crippen LogP contribution < -0.4 is 10.1 Å². The summed E-state index contributed by atoms with van der Waals surface area (Å²) < 4.78 is 5.11. The predicted molar refractivity (Wildman–Crippen MR) is 92.0 cm³/mol. The summed E-state index contributed by atoms with van der Waals surface area (Å²) in [4.78, 5) is 28.6. The van der Waals surface area contributed by atoms with Gasteiger partial charge in [-0.3, -0.25) is 14.5 Å². The number of nitrogens with one attached hydrogen (secondary N) is 1. The number of benzene rings is 1. The maximum absolute atomic E-state index is 12.4. The zero-order valence-corrected chi connectivity index (χ0v) is 14.3. The van der Waals surface area contributed by atoms with Crippen molar-refractivity contribution in [2.24, 2.45) is 5.92 Å². The third kappa shape index (κ3) is 3.87. The van der Waals surface area contributed by atoms with E-state index in [1.54, 1.807) is 7.11 Å². The Hall–Kier alpha value is -2.08.